The standard InChI is InChI=1S/C21H22N4O2S/c1-3-27-17-11-9-15(10-12-17)13-22-25-20(26)18-14(2)23-21(28)24-19(18)16-7-5-4-6-8-16/h4-13,19H,3H2,1-2H3,(H,25,26)(H2,23,24,28)/b22-13+. The highest BCUT2D eigenvalue weighted by Gasteiger charge is 2.29. The second-order valence-electron chi connectivity index (χ2n) is 6.18. The largest absolute Gasteiger partial charge is 0.494 e. The number of hydrazone groups is 1. The summed E-state index contributed by atoms with van der Waals surface area (Å²) in [4.78, 5) is 12.8. The summed E-state index contributed by atoms with van der Waals surface area (Å²) in [7, 11) is 0. The fourth-order valence-electron chi connectivity index (χ4n) is 2.93. The molecule has 1 amide bonds. The van der Waals surface area contributed by atoms with E-state index < -0.39 is 0 Å². The second-order valence-corrected chi connectivity index (χ2v) is 6.59. The molecule has 1 heterocycles. The summed E-state index contributed by atoms with van der Waals surface area (Å²) >= 11 is 5.25. The van der Waals surface area contributed by atoms with Gasteiger partial charge in [0.15, 0.2) is 5.11 Å². The molecule has 0 saturated carbocycles. The summed E-state index contributed by atoms with van der Waals surface area (Å²) in [5.41, 5.74) is 5.66. The highest BCUT2D eigenvalue weighted by Crippen LogP contribution is 2.26. The minimum absolute atomic E-state index is 0.295. The Morgan fingerprint density at radius 3 is 2.61 bits per heavy atom. The van der Waals surface area contributed by atoms with E-state index in [1.165, 1.54) is 0 Å². The van der Waals surface area contributed by atoms with Gasteiger partial charge in [0.05, 0.1) is 24.4 Å². The summed E-state index contributed by atoms with van der Waals surface area (Å²) < 4.78 is 5.41. The molecule has 1 atom stereocenters. The van der Waals surface area contributed by atoms with E-state index in [-0.39, 0.29) is 11.9 Å². The minimum Gasteiger partial charge on any atom is -0.494 e. The van der Waals surface area contributed by atoms with Crippen molar-refractivity contribution in [3.63, 3.8) is 0 Å². The van der Waals surface area contributed by atoms with Crippen LogP contribution in [-0.4, -0.2) is 23.8 Å². The van der Waals surface area contributed by atoms with E-state index >= 15 is 0 Å². The fourth-order valence-corrected chi connectivity index (χ4v) is 3.20. The van der Waals surface area contributed by atoms with E-state index in [0.29, 0.717) is 23.0 Å². The molecule has 0 fully saturated rings. The van der Waals surface area contributed by atoms with Gasteiger partial charge in [-0.1, -0.05) is 30.3 Å². The molecular weight excluding hydrogens is 372 g/mol. The van der Waals surface area contributed by atoms with Crippen LogP contribution in [0, 0.1) is 0 Å². The van der Waals surface area contributed by atoms with Gasteiger partial charge in [0.25, 0.3) is 5.91 Å². The molecule has 144 valence electrons. The van der Waals surface area contributed by atoms with Gasteiger partial charge in [-0.25, -0.2) is 5.43 Å². The van der Waals surface area contributed by atoms with Crippen molar-refractivity contribution in [2.45, 2.75) is 19.9 Å². The van der Waals surface area contributed by atoms with Crippen LogP contribution < -0.4 is 20.8 Å². The molecule has 3 N–H and O–H groups in total. The Morgan fingerprint density at radius 2 is 1.93 bits per heavy atom. The van der Waals surface area contributed by atoms with Crippen molar-refractivity contribution in [3.05, 3.63) is 77.0 Å². The van der Waals surface area contributed by atoms with E-state index in [9.17, 15) is 4.79 Å². The summed E-state index contributed by atoms with van der Waals surface area (Å²) in [6.07, 6.45) is 1.59. The Hall–Kier alpha value is -3.19. The van der Waals surface area contributed by atoms with Crippen molar-refractivity contribution in [2.75, 3.05) is 6.61 Å². The zero-order chi connectivity index (χ0) is 19.9. The molecule has 0 saturated heterocycles. The molecule has 3 rings (SSSR count). The molecule has 28 heavy (non-hydrogen) atoms. The van der Waals surface area contributed by atoms with Gasteiger partial charge in [0.1, 0.15) is 5.75 Å². The first-order chi connectivity index (χ1) is 13.6. The lowest BCUT2D eigenvalue weighted by Gasteiger charge is -2.29. The van der Waals surface area contributed by atoms with Crippen molar-refractivity contribution in [2.24, 2.45) is 5.10 Å². The number of hydrogen-bond acceptors (Lipinski definition) is 4. The maximum Gasteiger partial charge on any atom is 0.271 e. The normalized spacial score (nSPS) is 16.5. The van der Waals surface area contributed by atoms with Gasteiger partial charge in [-0.05, 0) is 61.5 Å². The molecule has 2 aromatic carbocycles. The maximum absolute atomic E-state index is 12.8. The predicted octanol–water partition coefficient (Wildman–Crippen LogP) is 3.03. The molecular formula is C21H22N4O2S. The number of thiocarbonyl (C=S) groups is 1. The van der Waals surface area contributed by atoms with Gasteiger partial charge < -0.3 is 15.4 Å². The van der Waals surface area contributed by atoms with Gasteiger partial charge in [-0.3, -0.25) is 4.79 Å². The van der Waals surface area contributed by atoms with Crippen LogP contribution in [0.4, 0.5) is 0 Å². The van der Waals surface area contributed by atoms with Gasteiger partial charge >= 0.3 is 0 Å². The number of nitrogens with one attached hydrogen (secondary N) is 3. The number of carbonyl (C=O) groups excluding carboxylic acids is 1. The lowest BCUT2D eigenvalue weighted by atomic mass is 9.95. The highest BCUT2D eigenvalue weighted by atomic mass is 32.1. The Labute approximate surface area is 169 Å². The lowest BCUT2D eigenvalue weighted by molar-refractivity contribution is -0.117. The van der Waals surface area contributed by atoms with Crippen LogP contribution >= 0.6 is 12.2 Å². The lowest BCUT2D eigenvalue weighted by Crippen LogP contribution is -2.46. The zero-order valence-electron chi connectivity index (χ0n) is 15.7. The van der Waals surface area contributed by atoms with Crippen LogP contribution in [0.25, 0.3) is 0 Å². The van der Waals surface area contributed by atoms with Crippen LogP contribution in [-0.2, 0) is 4.79 Å². The number of benzene rings is 2. The number of allylic oxidation sites excluding steroid dienone is 1. The maximum atomic E-state index is 12.8. The first kappa shape index (κ1) is 19.6. The SMILES string of the molecule is CCOc1ccc(/C=N/NC(=O)C2=C(C)NC(=S)NC2c2ccccc2)cc1. The van der Waals surface area contributed by atoms with Crippen LogP contribution in [0.3, 0.4) is 0 Å². The van der Waals surface area contributed by atoms with Crippen molar-refractivity contribution >= 4 is 29.5 Å². The molecule has 0 aliphatic carbocycles. The summed E-state index contributed by atoms with van der Waals surface area (Å²) in [6.45, 7) is 4.38. The quantitative estimate of drug-likeness (QED) is 0.399. The number of carbonyl (C=O) groups is 1. The third-order valence-electron chi connectivity index (χ3n) is 4.22. The number of nitrogens with zero attached hydrogens (tertiary/aromatic N) is 1. The molecule has 1 unspecified atom stereocenters. The summed E-state index contributed by atoms with van der Waals surface area (Å²) in [5, 5.41) is 10.7. The fraction of sp³-hybridized carbons (Fsp3) is 0.190. The number of ether oxygens (including phenoxy) is 1. The molecule has 0 aromatic heterocycles. The Kier molecular flexibility index (Phi) is 6.39. The van der Waals surface area contributed by atoms with Crippen LogP contribution in [0.5, 0.6) is 5.75 Å². The first-order valence-corrected chi connectivity index (χ1v) is 9.38. The molecule has 0 bridgehead atoms. The van der Waals surface area contributed by atoms with Gasteiger partial charge in [-0.2, -0.15) is 5.10 Å². The molecule has 2 aromatic rings. The minimum atomic E-state index is -0.337. The molecule has 1 aliphatic rings. The highest BCUT2D eigenvalue weighted by molar-refractivity contribution is 7.80. The van der Waals surface area contributed by atoms with E-state index in [2.05, 4.69) is 21.2 Å². The molecule has 1 aliphatic heterocycles. The van der Waals surface area contributed by atoms with Crippen molar-refractivity contribution in [3.8, 4) is 5.75 Å². The molecule has 6 nitrogen and oxygen atoms in total. The van der Waals surface area contributed by atoms with Crippen molar-refractivity contribution in [1.29, 1.82) is 0 Å². The average Bonchev–Trinajstić information content (AvgIpc) is 2.69. The van der Waals surface area contributed by atoms with Crippen molar-refractivity contribution in [1.82, 2.24) is 16.1 Å². The van der Waals surface area contributed by atoms with E-state index in [1.807, 2.05) is 68.4 Å². The van der Waals surface area contributed by atoms with Crippen LogP contribution in [0.2, 0.25) is 0 Å². The molecule has 0 radical (unpaired) electrons. The Morgan fingerprint density at radius 1 is 1.21 bits per heavy atom. The molecule has 7 heteroatoms. The third-order valence-corrected chi connectivity index (χ3v) is 4.44. The second kappa shape index (κ2) is 9.14. The van der Waals surface area contributed by atoms with Gasteiger partial charge in [-0.15, -0.1) is 0 Å². The number of hydrogen-bond donors (Lipinski definition) is 3. The number of amides is 1. The third kappa shape index (κ3) is 4.75. The Bertz CT molecular complexity index is 908. The number of rotatable bonds is 6. The predicted molar refractivity (Wildman–Crippen MR) is 114 cm³/mol. The zero-order valence-corrected chi connectivity index (χ0v) is 16.5. The van der Waals surface area contributed by atoms with Crippen molar-refractivity contribution < 1.29 is 9.53 Å². The summed E-state index contributed by atoms with van der Waals surface area (Å²) in [6, 6.07) is 16.8. The Balaban J connectivity index is 1.74. The van der Waals surface area contributed by atoms with Crippen LogP contribution in [0.1, 0.15) is 31.0 Å². The summed E-state index contributed by atoms with van der Waals surface area (Å²) in [5.74, 6) is 0.501. The van der Waals surface area contributed by atoms with Crippen LogP contribution in [0.15, 0.2) is 71.0 Å². The monoisotopic (exact) mass is 394 g/mol. The first-order valence-electron chi connectivity index (χ1n) is 8.98. The van der Waals surface area contributed by atoms with Gasteiger partial charge in [0.2, 0.25) is 0 Å². The van der Waals surface area contributed by atoms with E-state index in [1.54, 1.807) is 6.21 Å². The van der Waals surface area contributed by atoms with E-state index in [0.717, 1.165) is 16.9 Å². The topological polar surface area (TPSA) is 74.8 Å². The molecule has 0 spiro atoms. The smallest absolute Gasteiger partial charge is 0.271 e. The van der Waals surface area contributed by atoms with E-state index in [4.69, 9.17) is 17.0 Å². The average molecular weight is 394 g/mol. The van der Waals surface area contributed by atoms with Gasteiger partial charge in [0, 0.05) is 5.70 Å².